The standard InChI is InChI=1S/C6H12O.C2H6/c1-5-2-3-6(7)4-5;1-2/h5-7H,2-4H2,1H3;1-2H3/t5?,6-;/m1./s1. The van der Waals surface area contributed by atoms with E-state index >= 15 is 0 Å². The number of aliphatic hydroxyl groups excluding tert-OH is 1. The van der Waals surface area contributed by atoms with Gasteiger partial charge in [0, 0.05) is 0 Å². The van der Waals surface area contributed by atoms with Crippen molar-refractivity contribution in [3.8, 4) is 0 Å². The molecule has 1 saturated carbocycles. The molecule has 1 fully saturated rings. The Hall–Kier alpha value is -0.0400. The lowest BCUT2D eigenvalue weighted by Crippen LogP contribution is -1.97. The van der Waals surface area contributed by atoms with Crippen LogP contribution in [0.2, 0.25) is 0 Å². The summed E-state index contributed by atoms with van der Waals surface area (Å²) in [5.74, 6) is 0.773. The summed E-state index contributed by atoms with van der Waals surface area (Å²) in [6.07, 6.45) is 3.30. The van der Waals surface area contributed by atoms with Crippen molar-refractivity contribution >= 4 is 0 Å². The van der Waals surface area contributed by atoms with Gasteiger partial charge in [0.25, 0.3) is 0 Å². The third-order valence-electron chi connectivity index (χ3n) is 1.67. The molecule has 56 valence electrons. The van der Waals surface area contributed by atoms with Crippen molar-refractivity contribution in [2.24, 2.45) is 5.92 Å². The minimum absolute atomic E-state index is 0.0231. The summed E-state index contributed by atoms with van der Waals surface area (Å²) in [6, 6.07) is 0. The highest BCUT2D eigenvalue weighted by molar-refractivity contribution is 4.70. The first-order valence-corrected chi connectivity index (χ1v) is 3.97. The fourth-order valence-electron chi connectivity index (χ4n) is 1.18. The molecule has 2 atom stereocenters. The molecular formula is C8H18O. The zero-order valence-electron chi connectivity index (χ0n) is 6.72. The van der Waals surface area contributed by atoms with Crippen molar-refractivity contribution in [3.63, 3.8) is 0 Å². The maximum Gasteiger partial charge on any atom is 0.0542 e. The minimum Gasteiger partial charge on any atom is -0.393 e. The van der Waals surface area contributed by atoms with Crippen molar-refractivity contribution in [2.45, 2.75) is 46.1 Å². The van der Waals surface area contributed by atoms with Crippen LogP contribution >= 0.6 is 0 Å². The summed E-state index contributed by atoms with van der Waals surface area (Å²) in [6.45, 7) is 6.19. The van der Waals surface area contributed by atoms with Gasteiger partial charge in [-0.2, -0.15) is 0 Å². The second-order valence-corrected chi connectivity index (χ2v) is 2.57. The minimum atomic E-state index is 0.0231. The van der Waals surface area contributed by atoms with Gasteiger partial charge in [-0.3, -0.25) is 0 Å². The van der Waals surface area contributed by atoms with E-state index < -0.39 is 0 Å². The normalized spacial score (nSPS) is 33.3. The topological polar surface area (TPSA) is 20.2 Å². The van der Waals surface area contributed by atoms with Crippen LogP contribution in [0.25, 0.3) is 0 Å². The third kappa shape index (κ3) is 3.52. The predicted octanol–water partition coefficient (Wildman–Crippen LogP) is 2.19. The second kappa shape index (κ2) is 4.80. The summed E-state index contributed by atoms with van der Waals surface area (Å²) < 4.78 is 0. The number of aliphatic hydroxyl groups is 1. The van der Waals surface area contributed by atoms with Crippen molar-refractivity contribution in [3.05, 3.63) is 0 Å². The monoisotopic (exact) mass is 130 g/mol. The quantitative estimate of drug-likeness (QED) is 0.533. The van der Waals surface area contributed by atoms with E-state index in [1.165, 1.54) is 6.42 Å². The van der Waals surface area contributed by atoms with E-state index in [1.807, 2.05) is 13.8 Å². The van der Waals surface area contributed by atoms with E-state index in [0.717, 1.165) is 18.8 Å². The van der Waals surface area contributed by atoms with Crippen molar-refractivity contribution in [1.82, 2.24) is 0 Å². The van der Waals surface area contributed by atoms with E-state index in [-0.39, 0.29) is 6.10 Å². The van der Waals surface area contributed by atoms with Gasteiger partial charge < -0.3 is 5.11 Å². The summed E-state index contributed by atoms with van der Waals surface area (Å²) in [4.78, 5) is 0. The summed E-state index contributed by atoms with van der Waals surface area (Å²) in [5.41, 5.74) is 0. The summed E-state index contributed by atoms with van der Waals surface area (Å²) >= 11 is 0. The van der Waals surface area contributed by atoms with Crippen LogP contribution in [0.5, 0.6) is 0 Å². The Kier molecular flexibility index (Phi) is 4.78. The van der Waals surface area contributed by atoms with Crippen LogP contribution in [-0.2, 0) is 0 Å². The largest absolute Gasteiger partial charge is 0.393 e. The molecule has 9 heavy (non-hydrogen) atoms. The van der Waals surface area contributed by atoms with Crippen molar-refractivity contribution < 1.29 is 5.11 Å². The van der Waals surface area contributed by atoms with Gasteiger partial charge in [-0.15, -0.1) is 0 Å². The lowest BCUT2D eigenvalue weighted by atomic mass is 10.1. The molecule has 0 spiro atoms. The maximum atomic E-state index is 8.90. The van der Waals surface area contributed by atoms with Gasteiger partial charge in [-0.25, -0.2) is 0 Å². The highest BCUT2D eigenvalue weighted by Gasteiger charge is 2.17. The number of hydrogen-bond acceptors (Lipinski definition) is 1. The van der Waals surface area contributed by atoms with Crippen LogP contribution in [0.4, 0.5) is 0 Å². The molecule has 0 amide bonds. The van der Waals surface area contributed by atoms with Crippen LogP contribution in [0.1, 0.15) is 40.0 Å². The van der Waals surface area contributed by atoms with E-state index in [1.54, 1.807) is 0 Å². The third-order valence-corrected chi connectivity index (χ3v) is 1.67. The number of hydrogen-bond donors (Lipinski definition) is 1. The first-order chi connectivity index (χ1) is 4.29. The second-order valence-electron chi connectivity index (χ2n) is 2.57. The highest BCUT2D eigenvalue weighted by atomic mass is 16.3. The average Bonchev–Trinajstić information content (AvgIpc) is 2.20. The van der Waals surface area contributed by atoms with E-state index in [9.17, 15) is 0 Å². The lowest BCUT2D eigenvalue weighted by Gasteiger charge is -1.95. The molecule has 0 aromatic carbocycles. The molecule has 1 heteroatoms. The molecule has 0 heterocycles. The SMILES string of the molecule is CC.CC1CC[C@@H](O)C1. The van der Waals surface area contributed by atoms with Crippen molar-refractivity contribution in [1.29, 1.82) is 0 Å². The average molecular weight is 130 g/mol. The first-order valence-electron chi connectivity index (χ1n) is 3.97. The molecule has 1 aliphatic rings. The molecule has 1 nitrogen and oxygen atoms in total. The zero-order valence-corrected chi connectivity index (χ0v) is 6.72. The van der Waals surface area contributed by atoms with E-state index in [4.69, 9.17) is 5.11 Å². The van der Waals surface area contributed by atoms with Crippen LogP contribution in [-0.4, -0.2) is 11.2 Å². The fourth-order valence-corrected chi connectivity index (χ4v) is 1.18. The van der Waals surface area contributed by atoms with E-state index in [2.05, 4.69) is 6.92 Å². The molecule has 0 saturated heterocycles. The fraction of sp³-hybridized carbons (Fsp3) is 1.00. The van der Waals surface area contributed by atoms with Crippen LogP contribution < -0.4 is 0 Å². The molecule has 1 rings (SSSR count). The zero-order chi connectivity index (χ0) is 7.28. The Morgan fingerprint density at radius 3 is 1.89 bits per heavy atom. The number of rotatable bonds is 0. The van der Waals surface area contributed by atoms with Crippen LogP contribution in [0.15, 0.2) is 0 Å². The first kappa shape index (κ1) is 8.96. The Balaban J connectivity index is 0.000000291. The molecule has 1 N–H and O–H groups in total. The molecule has 1 aliphatic carbocycles. The molecule has 0 aliphatic heterocycles. The van der Waals surface area contributed by atoms with Gasteiger partial charge in [0.15, 0.2) is 0 Å². The molecule has 1 unspecified atom stereocenters. The smallest absolute Gasteiger partial charge is 0.0542 e. The molecule has 0 aromatic heterocycles. The Morgan fingerprint density at radius 1 is 1.22 bits per heavy atom. The van der Waals surface area contributed by atoms with Crippen LogP contribution in [0.3, 0.4) is 0 Å². The van der Waals surface area contributed by atoms with Crippen molar-refractivity contribution in [2.75, 3.05) is 0 Å². The van der Waals surface area contributed by atoms with Gasteiger partial charge in [-0.1, -0.05) is 20.8 Å². The highest BCUT2D eigenvalue weighted by Crippen LogP contribution is 2.23. The van der Waals surface area contributed by atoms with Crippen LogP contribution in [0, 0.1) is 5.92 Å². The molecule has 0 bridgehead atoms. The maximum absolute atomic E-state index is 8.90. The summed E-state index contributed by atoms with van der Waals surface area (Å²) in [7, 11) is 0. The molecule has 0 radical (unpaired) electrons. The molecular weight excluding hydrogens is 112 g/mol. The van der Waals surface area contributed by atoms with Gasteiger partial charge in [0.1, 0.15) is 0 Å². The van der Waals surface area contributed by atoms with Gasteiger partial charge in [0.05, 0.1) is 6.10 Å². The predicted molar refractivity (Wildman–Crippen MR) is 40.4 cm³/mol. The van der Waals surface area contributed by atoms with Gasteiger partial charge in [-0.05, 0) is 25.2 Å². The Labute approximate surface area is 58.1 Å². The Bertz CT molecular complexity index is 53.6. The molecule has 0 aromatic rings. The van der Waals surface area contributed by atoms with Gasteiger partial charge in [0.2, 0.25) is 0 Å². The lowest BCUT2D eigenvalue weighted by molar-refractivity contribution is 0.179. The van der Waals surface area contributed by atoms with E-state index in [0.29, 0.717) is 0 Å². The summed E-state index contributed by atoms with van der Waals surface area (Å²) in [5, 5.41) is 8.90. The Morgan fingerprint density at radius 2 is 1.78 bits per heavy atom. The van der Waals surface area contributed by atoms with Gasteiger partial charge >= 0.3 is 0 Å².